The lowest BCUT2D eigenvalue weighted by Gasteiger charge is -2.11. The summed E-state index contributed by atoms with van der Waals surface area (Å²) in [5.41, 5.74) is 1.68. The summed E-state index contributed by atoms with van der Waals surface area (Å²) in [5.74, 6) is 0.125. The van der Waals surface area contributed by atoms with E-state index in [9.17, 15) is 13.2 Å². The van der Waals surface area contributed by atoms with E-state index < -0.39 is 22.6 Å². The summed E-state index contributed by atoms with van der Waals surface area (Å²) in [5, 5.41) is 11.6. The minimum atomic E-state index is -3.60. The Balaban J connectivity index is 1.65. The van der Waals surface area contributed by atoms with Crippen LogP contribution < -0.4 is 14.2 Å². The number of sulfonamides is 1. The molecule has 3 aromatic rings. The van der Waals surface area contributed by atoms with E-state index in [0.717, 1.165) is 27.3 Å². The topological polar surface area (TPSA) is 102 Å². The molecule has 0 aliphatic rings. The molecule has 0 spiro atoms. The summed E-state index contributed by atoms with van der Waals surface area (Å²) < 4.78 is 37.6. The van der Waals surface area contributed by atoms with E-state index >= 15 is 0 Å². The molecule has 0 atom stereocenters. The number of methoxy groups -OCH3 is 1. The fraction of sp³-hybridized carbons (Fsp3) is 0.174. The molecule has 0 aromatic heterocycles. The highest BCUT2D eigenvalue weighted by Crippen LogP contribution is 2.28. The second-order valence-corrected chi connectivity index (χ2v) is 8.37. The number of fused-ring (bicyclic) bond motifs is 1. The molecule has 0 amide bonds. The predicted octanol–water partition coefficient (Wildman–Crippen LogP) is 3.44. The van der Waals surface area contributed by atoms with E-state index in [0.29, 0.717) is 17.9 Å². The Morgan fingerprint density at radius 2 is 1.74 bits per heavy atom. The van der Waals surface area contributed by atoms with Crippen LogP contribution in [0.5, 0.6) is 11.5 Å². The highest BCUT2D eigenvalue weighted by molar-refractivity contribution is 7.92. The summed E-state index contributed by atoms with van der Waals surface area (Å²) in [6, 6.07) is 18.0. The molecule has 0 saturated carbocycles. The van der Waals surface area contributed by atoms with Crippen molar-refractivity contribution in [3.8, 4) is 11.5 Å². The maximum atomic E-state index is 12.3. The molecule has 0 heterocycles. The van der Waals surface area contributed by atoms with Gasteiger partial charge in [-0.1, -0.05) is 42.5 Å². The first-order chi connectivity index (χ1) is 14.9. The van der Waals surface area contributed by atoms with Gasteiger partial charge in [0.2, 0.25) is 10.0 Å². The third-order valence-corrected chi connectivity index (χ3v) is 5.68. The maximum absolute atomic E-state index is 12.3. The first-order valence-electron chi connectivity index (χ1n) is 9.55. The van der Waals surface area contributed by atoms with Crippen LogP contribution in [0.15, 0.2) is 66.1 Å². The number of ether oxygens (including phenoxy) is 2. The van der Waals surface area contributed by atoms with Crippen LogP contribution >= 0.6 is 0 Å². The number of carboxylic acids is 1. The van der Waals surface area contributed by atoms with Crippen LogP contribution in [0.1, 0.15) is 11.1 Å². The van der Waals surface area contributed by atoms with Crippen molar-refractivity contribution in [3.63, 3.8) is 0 Å². The lowest BCUT2D eigenvalue weighted by Crippen LogP contribution is -2.23. The smallest absolute Gasteiger partial charge is 0.341 e. The van der Waals surface area contributed by atoms with Crippen LogP contribution in [0.4, 0.5) is 0 Å². The number of benzene rings is 3. The minimum Gasteiger partial charge on any atom is -0.497 e. The Labute approximate surface area is 181 Å². The van der Waals surface area contributed by atoms with Gasteiger partial charge in [-0.05, 0) is 47.2 Å². The summed E-state index contributed by atoms with van der Waals surface area (Å²) in [7, 11) is -2.03. The van der Waals surface area contributed by atoms with Crippen molar-refractivity contribution in [2.24, 2.45) is 0 Å². The molecule has 0 aliphatic heterocycles. The van der Waals surface area contributed by atoms with Gasteiger partial charge in [0.05, 0.1) is 7.11 Å². The molecule has 3 rings (SSSR count). The first kappa shape index (κ1) is 22.3. The molecule has 7 nitrogen and oxygen atoms in total. The van der Waals surface area contributed by atoms with Gasteiger partial charge in [-0.25, -0.2) is 17.9 Å². The third-order valence-electron chi connectivity index (χ3n) is 4.58. The number of carboxylic acid groups (broad SMARTS) is 1. The van der Waals surface area contributed by atoms with Crippen LogP contribution in [-0.2, 0) is 21.2 Å². The number of hydrogen-bond donors (Lipinski definition) is 2. The van der Waals surface area contributed by atoms with E-state index in [1.54, 1.807) is 43.5 Å². The number of hydrogen-bond acceptors (Lipinski definition) is 5. The molecule has 162 valence electrons. The number of aliphatic carboxylic acids is 1. The average Bonchev–Trinajstić information content (AvgIpc) is 2.76. The lowest BCUT2D eigenvalue weighted by atomic mass is 10.0. The van der Waals surface area contributed by atoms with Gasteiger partial charge < -0.3 is 14.6 Å². The van der Waals surface area contributed by atoms with Gasteiger partial charge in [-0.3, -0.25) is 0 Å². The molecule has 31 heavy (non-hydrogen) atoms. The zero-order valence-electron chi connectivity index (χ0n) is 16.9. The van der Waals surface area contributed by atoms with Gasteiger partial charge in [0.25, 0.3) is 0 Å². The highest BCUT2D eigenvalue weighted by atomic mass is 32.2. The van der Waals surface area contributed by atoms with Crippen molar-refractivity contribution in [2.45, 2.75) is 6.42 Å². The van der Waals surface area contributed by atoms with E-state index in [1.807, 2.05) is 24.3 Å². The Morgan fingerprint density at radius 1 is 1.03 bits per heavy atom. The van der Waals surface area contributed by atoms with Gasteiger partial charge in [-0.15, -0.1) is 0 Å². The number of carbonyl (C=O) groups is 1. The van der Waals surface area contributed by atoms with Crippen molar-refractivity contribution < 1.29 is 27.8 Å². The molecule has 3 aromatic carbocycles. The molecule has 2 N–H and O–H groups in total. The largest absolute Gasteiger partial charge is 0.497 e. The summed E-state index contributed by atoms with van der Waals surface area (Å²) in [4.78, 5) is 10.8. The van der Waals surface area contributed by atoms with Crippen molar-refractivity contribution in [1.82, 2.24) is 4.72 Å². The van der Waals surface area contributed by atoms with Crippen LogP contribution in [-0.4, -0.2) is 39.8 Å². The molecule has 0 aliphatic carbocycles. The number of rotatable bonds is 10. The Bertz CT molecular complexity index is 1190. The van der Waals surface area contributed by atoms with Gasteiger partial charge in [0.1, 0.15) is 11.5 Å². The van der Waals surface area contributed by atoms with E-state index in [1.165, 1.54) is 6.08 Å². The quantitative estimate of drug-likeness (QED) is 0.500. The van der Waals surface area contributed by atoms with Gasteiger partial charge in [0, 0.05) is 17.3 Å². The molecule has 0 unspecified atom stereocenters. The van der Waals surface area contributed by atoms with Crippen molar-refractivity contribution in [2.75, 3.05) is 20.3 Å². The van der Waals surface area contributed by atoms with Crippen molar-refractivity contribution >= 4 is 32.8 Å². The van der Waals surface area contributed by atoms with Gasteiger partial charge in [-0.2, -0.15) is 0 Å². The summed E-state index contributed by atoms with van der Waals surface area (Å²) >= 11 is 0. The molecule has 0 radical (unpaired) electrons. The Morgan fingerprint density at radius 3 is 2.45 bits per heavy atom. The second-order valence-electron chi connectivity index (χ2n) is 6.72. The van der Waals surface area contributed by atoms with Gasteiger partial charge in [0.15, 0.2) is 6.61 Å². The van der Waals surface area contributed by atoms with Crippen LogP contribution in [0, 0.1) is 0 Å². The van der Waals surface area contributed by atoms with E-state index in [-0.39, 0.29) is 6.54 Å². The zero-order chi connectivity index (χ0) is 22.3. The standard InChI is InChI=1S/C23H23NO6S/c1-29-19-10-8-17(9-11-19)13-15-31(27,28)24-14-12-18-4-2-6-21-20(18)5-3-7-22(21)30-16-23(25)26/h2-11,13,15,24H,12,14,16H2,1H3,(H,25,26)/b15-13+. The average molecular weight is 442 g/mol. The van der Waals surface area contributed by atoms with Gasteiger partial charge >= 0.3 is 5.97 Å². The van der Waals surface area contributed by atoms with E-state index in [2.05, 4.69) is 4.72 Å². The summed E-state index contributed by atoms with van der Waals surface area (Å²) in [6.07, 6.45) is 1.99. The number of nitrogens with one attached hydrogen (secondary N) is 1. The SMILES string of the molecule is COc1ccc(/C=C/S(=O)(=O)NCCc2cccc3c(OCC(=O)O)cccc23)cc1. The highest BCUT2D eigenvalue weighted by Gasteiger charge is 2.09. The third kappa shape index (κ3) is 6.31. The van der Waals surface area contributed by atoms with Crippen LogP contribution in [0.3, 0.4) is 0 Å². The Kier molecular flexibility index (Phi) is 7.28. The fourth-order valence-corrected chi connectivity index (χ4v) is 3.91. The van der Waals surface area contributed by atoms with Crippen LogP contribution in [0.25, 0.3) is 16.8 Å². The second kappa shape index (κ2) is 10.1. The molecular formula is C23H23NO6S. The maximum Gasteiger partial charge on any atom is 0.341 e. The fourth-order valence-electron chi connectivity index (χ4n) is 3.09. The molecule has 0 saturated heterocycles. The first-order valence-corrected chi connectivity index (χ1v) is 11.1. The zero-order valence-corrected chi connectivity index (χ0v) is 17.8. The molecule has 0 fully saturated rings. The lowest BCUT2D eigenvalue weighted by molar-refractivity contribution is -0.139. The minimum absolute atomic E-state index is 0.217. The molecular weight excluding hydrogens is 418 g/mol. The van der Waals surface area contributed by atoms with Crippen LogP contribution in [0.2, 0.25) is 0 Å². The normalized spacial score (nSPS) is 11.6. The van der Waals surface area contributed by atoms with Crippen molar-refractivity contribution in [3.05, 3.63) is 77.2 Å². The monoisotopic (exact) mass is 441 g/mol. The van der Waals surface area contributed by atoms with E-state index in [4.69, 9.17) is 14.6 Å². The molecule has 0 bridgehead atoms. The molecule has 8 heteroatoms. The van der Waals surface area contributed by atoms with Crippen molar-refractivity contribution in [1.29, 1.82) is 0 Å². The predicted molar refractivity (Wildman–Crippen MR) is 120 cm³/mol. The Hall–Kier alpha value is -3.36. The summed E-state index contributed by atoms with van der Waals surface area (Å²) in [6.45, 7) is -0.210.